The Morgan fingerprint density at radius 1 is 0.565 bits per heavy atom. The van der Waals surface area contributed by atoms with Crippen LogP contribution in [0.5, 0.6) is 0 Å². The fourth-order valence-electron chi connectivity index (χ4n) is 17.7. The van der Waals surface area contributed by atoms with Crippen LogP contribution in [0.3, 0.4) is 0 Å². The number of allylic oxidation sites excluding steroid dienone is 2. The Hall–Kier alpha value is -1.79. The van der Waals surface area contributed by atoms with E-state index in [1.807, 2.05) is 6.92 Å². The van der Waals surface area contributed by atoms with Gasteiger partial charge in [0.15, 0.2) is 31.3 Å². The third-order valence-electron chi connectivity index (χ3n) is 22.9. The zero-order valence-electron chi connectivity index (χ0n) is 49.4. The number of aliphatic hydroxyl groups is 16. The molecule has 4 saturated carbocycles. The lowest BCUT2D eigenvalue weighted by Gasteiger charge is -2.72. The highest BCUT2D eigenvalue weighted by atomic mass is 16.8. The minimum Gasteiger partial charge on any atom is -0.432 e. The first kappa shape index (κ1) is 66.1. The molecule has 5 aliphatic carbocycles. The van der Waals surface area contributed by atoms with E-state index in [0.717, 1.165) is 5.57 Å². The summed E-state index contributed by atoms with van der Waals surface area (Å²) in [5, 5.41) is 177. The van der Waals surface area contributed by atoms with Gasteiger partial charge in [-0.25, -0.2) is 0 Å². The lowest BCUT2D eigenvalue weighted by Crippen LogP contribution is -2.70. The molecule has 0 spiro atoms. The first-order valence-corrected chi connectivity index (χ1v) is 30.4. The van der Waals surface area contributed by atoms with Crippen molar-refractivity contribution in [1.82, 2.24) is 0 Å². The summed E-state index contributed by atoms with van der Waals surface area (Å²) in [5.41, 5.74) is -3.61. The van der Waals surface area contributed by atoms with E-state index in [0.29, 0.717) is 32.1 Å². The second kappa shape index (κ2) is 24.4. The fraction of sp³-hybridized carbons (Fsp3) is 0.948. The van der Waals surface area contributed by atoms with Crippen LogP contribution < -0.4 is 0 Å². The molecule has 27 heteroatoms. The van der Waals surface area contributed by atoms with Crippen molar-refractivity contribution >= 4 is 5.97 Å². The molecule has 5 aliphatic heterocycles. The van der Waals surface area contributed by atoms with Crippen molar-refractivity contribution in [3.8, 4) is 0 Å². The molecule has 0 radical (unpaired) electrons. The predicted molar refractivity (Wildman–Crippen MR) is 285 cm³/mol. The van der Waals surface area contributed by atoms with Gasteiger partial charge in [-0.3, -0.25) is 4.79 Å². The van der Waals surface area contributed by atoms with Crippen LogP contribution >= 0.6 is 0 Å². The molecule has 0 bridgehead atoms. The van der Waals surface area contributed by atoms with E-state index in [-0.39, 0.29) is 37.0 Å². The Bertz CT molecular complexity index is 2370. The van der Waals surface area contributed by atoms with Gasteiger partial charge in [0.25, 0.3) is 0 Å². The molecule has 5 heterocycles. The lowest BCUT2D eigenvalue weighted by molar-refractivity contribution is -0.380. The van der Waals surface area contributed by atoms with Crippen molar-refractivity contribution in [2.75, 3.05) is 19.8 Å². The maximum absolute atomic E-state index is 15.4. The Morgan fingerprint density at radius 3 is 1.78 bits per heavy atom. The number of carbonyl (C=O) groups excluding carboxylic acids is 1. The first-order valence-electron chi connectivity index (χ1n) is 30.4. The van der Waals surface area contributed by atoms with Crippen LogP contribution in [0.2, 0.25) is 0 Å². The van der Waals surface area contributed by atoms with Crippen LogP contribution in [-0.2, 0) is 52.2 Å². The summed E-state index contributed by atoms with van der Waals surface area (Å²) < 4.78 is 59.3. The molecular weight excluding hydrogens is 1130 g/mol. The third-order valence-corrected chi connectivity index (χ3v) is 22.9. The SMILES string of the molecule is CC1CCC2(C(=O)OC3OC(C)C(O)C(O)C3OC3OC(C)C(OC4OCC(O)C(OC5OC(C)C(O)C(O)C5O)C4O)C(O)C3O)C(O)CC3(C)C(=CCC4C5(C)CC(O)C(OC6OC(CO)C(O)C(O)C6O)C(C)(CO)C5CCC43C)C2C1. The molecule has 36 unspecified atom stereocenters. The van der Waals surface area contributed by atoms with Gasteiger partial charge in [0.2, 0.25) is 6.29 Å². The van der Waals surface area contributed by atoms with Crippen molar-refractivity contribution in [2.24, 2.45) is 50.7 Å². The number of rotatable bonds is 12. The molecule has 0 amide bonds. The molecule has 10 rings (SSSR count). The summed E-state index contributed by atoms with van der Waals surface area (Å²) in [4.78, 5) is 15.4. The number of aliphatic hydroxyl groups excluding tert-OH is 16. The van der Waals surface area contributed by atoms with Crippen molar-refractivity contribution in [1.29, 1.82) is 0 Å². The number of ether oxygens (including phenoxy) is 10. The van der Waals surface area contributed by atoms with Gasteiger partial charge in [-0.1, -0.05) is 46.3 Å². The summed E-state index contributed by atoms with van der Waals surface area (Å²) >= 11 is 0. The van der Waals surface area contributed by atoms with Crippen molar-refractivity contribution in [3.63, 3.8) is 0 Å². The van der Waals surface area contributed by atoms with E-state index < -0.39 is 225 Å². The van der Waals surface area contributed by atoms with Crippen molar-refractivity contribution in [2.45, 2.75) is 272 Å². The van der Waals surface area contributed by atoms with E-state index >= 15 is 4.79 Å². The van der Waals surface area contributed by atoms with Gasteiger partial charge in [-0.05, 0) is 112 Å². The van der Waals surface area contributed by atoms with E-state index in [9.17, 15) is 81.7 Å². The summed E-state index contributed by atoms with van der Waals surface area (Å²) in [6.07, 6.45) is -36.6. The van der Waals surface area contributed by atoms with Gasteiger partial charge in [0.05, 0.1) is 56.4 Å². The summed E-state index contributed by atoms with van der Waals surface area (Å²) in [7, 11) is 0. The van der Waals surface area contributed by atoms with Crippen molar-refractivity contribution < 1.29 is 134 Å². The van der Waals surface area contributed by atoms with Crippen molar-refractivity contribution in [3.05, 3.63) is 11.6 Å². The van der Waals surface area contributed by atoms with Gasteiger partial charge in [-0.2, -0.15) is 0 Å². The minimum atomic E-state index is -1.98. The highest BCUT2D eigenvalue weighted by Crippen LogP contribution is 2.76. The van der Waals surface area contributed by atoms with Gasteiger partial charge in [-0.15, -0.1) is 0 Å². The van der Waals surface area contributed by atoms with Crippen LogP contribution in [-0.4, -0.2) is 273 Å². The molecule has 488 valence electrons. The molecule has 27 nitrogen and oxygen atoms in total. The van der Waals surface area contributed by atoms with Gasteiger partial charge in [0, 0.05) is 5.41 Å². The molecule has 0 aromatic rings. The number of fused-ring (bicyclic) bond motifs is 7. The first-order chi connectivity index (χ1) is 39.8. The number of hydrogen-bond donors (Lipinski definition) is 16. The van der Waals surface area contributed by atoms with Crippen LogP contribution in [0.1, 0.15) is 107 Å². The van der Waals surface area contributed by atoms with Gasteiger partial charge in [0.1, 0.15) is 97.0 Å². The Labute approximate surface area is 493 Å². The number of esters is 1. The zero-order chi connectivity index (χ0) is 62.1. The summed E-state index contributed by atoms with van der Waals surface area (Å²) in [6.45, 7) is 13.1. The summed E-state index contributed by atoms with van der Waals surface area (Å²) in [6, 6.07) is 0. The van der Waals surface area contributed by atoms with Gasteiger partial charge < -0.3 is 129 Å². The highest BCUT2D eigenvalue weighted by Gasteiger charge is 2.73. The van der Waals surface area contributed by atoms with Gasteiger partial charge >= 0.3 is 5.97 Å². The average Bonchev–Trinajstić information content (AvgIpc) is 0.866. The standard InChI is InChI=1S/C58H94O27/c1-21-11-14-58(26(15-21)25-9-10-31-54(5)16-27(61)47(84-51-41(72)37(68)35(66)29(18-59)80-51)55(6,20-60)30(54)12-13-56(31,7)57(25,8)17-32(58)63)53(75)85-52-46(38(69)34(65)23(3)78-52)83-50-42(73)39(70)44(24(4)79-50)81-48-43(74)45(28(62)19-76-48)82-49-40(71)36(67)33(64)22(2)77-49/h9,21-24,26-52,59-74H,10-20H2,1-8H3. The van der Waals surface area contributed by atoms with E-state index in [2.05, 4.69) is 33.8 Å². The monoisotopic (exact) mass is 1220 g/mol. The van der Waals surface area contributed by atoms with Crippen LogP contribution in [0.25, 0.3) is 0 Å². The molecular formula is C58H94O27. The molecule has 36 atom stereocenters. The number of carbonyl (C=O) groups is 1. The van der Waals surface area contributed by atoms with Crippen LogP contribution in [0.4, 0.5) is 0 Å². The van der Waals surface area contributed by atoms with Crippen LogP contribution in [0, 0.1) is 50.7 Å². The number of hydrogen-bond acceptors (Lipinski definition) is 27. The molecule has 0 aromatic heterocycles. The minimum absolute atomic E-state index is 0.110. The molecule has 0 aromatic carbocycles. The third kappa shape index (κ3) is 10.7. The quantitative estimate of drug-likeness (QED) is 0.0503. The average molecular weight is 1220 g/mol. The lowest BCUT2D eigenvalue weighted by atomic mass is 9.33. The Kier molecular flexibility index (Phi) is 18.9. The van der Waals surface area contributed by atoms with E-state index in [1.165, 1.54) is 20.8 Å². The smallest absolute Gasteiger partial charge is 0.317 e. The fourth-order valence-corrected chi connectivity index (χ4v) is 17.7. The summed E-state index contributed by atoms with van der Waals surface area (Å²) in [5.74, 6) is -1.69. The Morgan fingerprint density at radius 2 is 1.13 bits per heavy atom. The largest absolute Gasteiger partial charge is 0.432 e. The maximum Gasteiger partial charge on any atom is 0.317 e. The topological polar surface area (TPSA) is 433 Å². The predicted octanol–water partition coefficient (Wildman–Crippen LogP) is -3.97. The molecule has 85 heavy (non-hydrogen) atoms. The highest BCUT2D eigenvalue weighted by molar-refractivity contribution is 5.80. The zero-order valence-corrected chi connectivity index (χ0v) is 49.4. The molecule has 16 N–H and O–H groups in total. The maximum atomic E-state index is 15.4. The Balaban J connectivity index is 0.855. The molecule has 10 aliphatic rings. The molecule has 5 saturated heterocycles. The molecule has 9 fully saturated rings. The normalized spacial score (nSPS) is 57.3. The van der Waals surface area contributed by atoms with Crippen LogP contribution in [0.15, 0.2) is 11.6 Å². The van der Waals surface area contributed by atoms with E-state index in [1.54, 1.807) is 0 Å². The van der Waals surface area contributed by atoms with E-state index in [4.69, 9.17) is 47.4 Å². The second-order valence-electron chi connectivity index (χ2n) is 27.7. The second-order valence-corrected chi connectivity index (χ2v) is 27.7.